The van der Waals surface area contributed by atoms with E-state index in [0.29, 0.717) is 32.7 Å². The molecular formula is C25H16ClF2N3OS. The lowest BCUT2D eigenvalue weighted by atomic mass is 10.1. The number of rotatable bonds is 5. The Bertz CT molecular complexity index is 1410. The van der Waals surface area contributed by atoms with Crippen molar-refractivity contribution >= 4 is 22.9 Å². The number of ether oxygens (including phenoxy) is 1. The van der Waals surface area contributed by atoms with Crippen molar-refractivity contribution in [1.29, 1.82) is 0 Å². The average molecular weight is 480 g/mol. The van der Waals surface area contributed by atoms with Gasteiger partial charge in [-0.2, -0.15) is 5.10 Å². The molecule has 164 valence electrons. The minimum absolute atomic E-state index is 0.350. The summed E-state index contributed by atoms with van der Waals surface area (Å²) < 4.78 is 33.9. The molecular weight excluding hydrogens is 464 g/mol. The second-order valence-corrected chi connectivity index (χ2v) is 8.40. The summed E-state index contributed by atoms with van der Waals surface area (Å²) in [4.78, 5) is 4.76. The predicted molar refractivity (Wildman–Crippen MR) is 127 cm³/mol. The van der Waals surface area contributed by atoms with E-state index in [-0.39, 0.29) is 11.6 Å². The molecule has 0 amide bonds. The number of benzene rings is 3. The Morgan fingerprint density at radius 2 is 1.39 bits per heavy atom. The van der Waals surface area contributed by atoms with Crippen LogP contribution in [0.3, 0.4) is 0 Å². The maximum absolute atomic E-state index is 13.6. The monoisotopic (exact) mass is 479 g/mol. The van der Waals surface area contributed by atoms with E-state index in [2.05, 4.69) is 0 Å². The average Bonchev–Trinajstić information content (AvgIpc) is 3.45. The van der Waals surface area contributed by atoms with Gasteiger partial charge in [0.2, 0.25) is 5.13 Å². The van der Waals surface area contributed by atoms with Gasteiger partial charge in [-0.3, -0.25) is 0 Å². The van der Waals surface area contributed by atoms with Crippen LogP contribution in [0.15, 0.2) is 78.2 Å². The molecule has 5 aromatic rings. The molecule has 0 N–H and O–H groups in total. The number of halogens is 3. The van der Waals surface area contributed by atoms with E-state index < -0.39 is 0 Å². The van der Waals surface area contributed by atoms with Gasteiger partial charge in [0.15, 0.2) is 0 Å². The van der Waals surface area contributed by atoms with Crippen molar-refractivity contribution in [3.8, 4) is 44.7 Å². The Morgan fingerprint density at radius 3 is 2.00 bits per heavy atom. The van der Waals surface area contributed by atoms with Gasteiger partial charge in [0.05, 0.1) is 23.5 Å². The molecule has 3 aromatic carbocycles. The third-order valence-electron chi connectivity index (χ3n) is 5.12. The minimum Gasteiger partial charge on any atom is -0.497 e. The summed E-state index contributed by atoms with van der Waals surface area (Å²) in [5.41, 5.74) is 4.11. The SMILES string of the molecule is COc1ccc(-c2csc(-n3nc(-c4ccc(F)cc4)c(Cl)c3-c3ccc(F)cc3)n2)cc1. The number of aromatic nitrogens is 3. The van der Waals surface area contributed by atoms with E-state index in [1.165, 1.54) is 35.6 Å². The zero-order chi connectivity index (χ0) is 22.9. The van der Waals surface area contributed by atoms with Crippen molar-refractivity contribution in [2.24, 2.45) is 0 Å². The van der Waals surface area contributed by atoms with Crippen LogP contribution in [0.4, 0.5) is 8.78 Å². The molecule has 0 aliphatic rings. The van der Waals surface area contributed by atoms with Crippen molar-refractivity contribution in [2.45, 2.75) is 0 Å². The Morgan fingerprint density at radius 1 is 0.818 bits per heavy atom. The predicted octanol–water partition coefficient (Wildman–Crippen LogP) is 7.27. The van der Waals surface area contributed by atoms with Gasteiger partial charge in [-0.1, -0.05) is 11.6 Å². The van der Waals surface area contributed by atoms with E-state index in [4.69, 9.17) is 26.4 Å². The summed E-state index contributed by atoms with van der Waals surface area (Å²) in [6, 6.07) is 19.6. The maximum Gasteiger partial charge on any atom is 0.211 e. The minimum atomic E-state index is -0.351. The normalized spacial score (nSPS) is 11.0. The summed E-state index contributed by atoms with van der Waals surface area (Å²) in [6.07, 6.45) is 0. The van der Waals surface area contributed by atoms with Crippen LogP contribution in [0.25, 0.3) is 38.9 Å². The summed E-state index contributed by atoms with van der Waals surface area (Å²) in [5.74, 6) is 0.0588. The van der Waals surface area contributed by atoms with Crippen molar-refractivity contribution in [3.63, 3.8) is 0 Å². The molecule has 0 aliphatic heterocycles. The van der Waals surface area contributed by atoms with Gasteiger partial charge < -0.3 is 4.74 Å². The molecule has 2 heterocycles. The fraction of sp³-hybridized carbons (Fsp3) is 0.0400. The van der Waals surface area contributed by atoms with Crippen LogP contribution in [0, 0.1) is 11.6 Å². The number of nitrogens with zero attached hydrogens (tertiary/aromatic N) is 3. The lowest BCUT2D eigenvalue weighted by Crippen LogP contribution is -1.99. The first kappa shape index (κ1) is 21.3. The Labute approximate surface area is 197 Å². The summed E-state index contributed by atoms with van der Waals surface area (Å²) in [5, 5.41) is 7.60. The quantitative estimate of drug-likeness (QED) is 0.266. The van der Waals surface area contributed by atoms with E-state index in [0.717, 1.165) is 17.0 Å². The highest BCUT2D eigenvalue weighted by atomic mass is 35.5. The van der Waals surface area contributed by atoms with Gasteiger partial charge in [-0.15, -0.1) is 11.3 Å². The Balaban J connectivity index is 1.64. The van der Waals surface area contributed by atoms with E-state index in [1.54, 1.807) is 36.1 Å². The number of hydrogen-bond acceptors (Lipinski definition) is 4. The van der Waals surface area contributed by atoms with Crippen molar-refractivity contribution in [1.82, 2.24) is 14.8 Å². The van der Waals surface area contributed by atoms with Crippen LogP contribution >= 0.6 is 22.9 Å². The third kappa shape index (κ3) is 4.13. The molecule has 0 fully saturated rings. The maximum atomic E-state index is 13.6. The van der Waals surface area contributed by atoms with Gasteiger partial charge in [0.1, 0.15) is 23.1 Å². The van der Waals surface area contributed by atoms with Crippen molar-refractivity contribution < 1.29 is 13.5 Å². The highest BCUT2D eigenvalue weighted by Gasteiger charge is 2.22. The molecule has 0 spiro atoms. The topological polar surface area (TPSA) is 39.9 Å². The molecule has 33 heavy (non-hydrogen) atoms. The molecule has 0 bridgehead atoms. The first-order valence-electron chi connectivity index (χ1n) is 9.94. The molecule has 0 saturated heterocycles. The van der Waals surface area contributed by atoms with E-state index >= 15 is 0 Å². The third-order valence-corrected chi connectivity index (χ3v) is 6.30. The fourth-order valence-corrected chi connectivity index (χ4v) is 4.57. The van der Waals surface area contributed by atoms with Crippen molar-refractivity contribution in [3.05, 3.63) is 94.8 Å². The van der Waals surface area contributed by atoms with Gasteiger partial charge in [-0.25, -0.2) is 18.4 Å². The van der Waals surface area contributed by atoms with E-state index in [1.807, 2.05) is 29.6 Å². The Hall–Kier alpha value is -3.55. The first-order chi connectivity index (χ1) is 16.0. The van der Waals surface area contributed by atoms with Crippen LogP contribution in [-0.4, -0.2) is 21.9 Å². The van der Waals surface area contributed by atoms with Crippen LogP contribution < -0.4 is 4.74 Å². The van der Waals surface area contributed by atoms with Crippen LogP contribution in [0.5, 0.6) is 5.75 Å². The number of hydrogen-bond donors (Lipinski definition) is 0. The summed E-state index contributed by atoms with van der Waals surface area (Å²) in [6.45, 7) is 0. The second-order valence-electron chi connectivity index (χ2n) is 7.18. The lowest BCUT2D eigenvalue weighted by Gasteiger charge is -2.05. The van der Waals surface area contributed by atoms with E-state index in [9.17, 15) is 8.78 Å². The van der Waals surface area contributed by atoms with Gasteiger partial charge >= 0.3 is 0 Å². The van der Waals surface area contributed by atoms with Crippen LogP contribution in [0.1, 0.15) is 0 Å². The smallest absolute Gasteiger partial charge is 0.211 e. The molecule has 0 atom stereocenters. The summed E-state index contributed by atoms with van der Waals surface area (Å²) >= 11 is 8.18. The van der Waals surface area contributed by atoms with Gasteiger partial charge in [-0.05, 0) is 72.8 Å². The first-order valence-corrected chi connectivity index (χ1v) is 11.2. The zero-order valence-corrected chi connectivity index (χ0v) is 18.9. The molecule has 0 unspecified atom stereocenters. The van der Waals surface area contributed by atoms with Crippen LogP contribution in [-0.2, 0) is 0 Å². The molecule has 8 heteroatoms. The van der Waals surface area contributed by atoms with Gasteiger partial charge in [0.25, 0.3) is 0 Å². The molecule has 0 radical (unpaired) electrons. The highest BCUT2D eigenvalue weighted by molar-refractivity contribution is 7.12. The standard InChI is InChI=1S/C25H16ClF2N3OS/c1-32-20-12-6-15(7-13-20)21-14-33-25(29-21)31-24(17-4-10-19(28)11-5-17)22(26)23(30-31)16-2-8-18(27)9-3-16/h2-14H,1H3. The highest BCUT2D eigenvalue weighted by Crippen LogP contribution is 2.39. The Kier molecular flexibility index (Phi) is 5.66. The summed E-state index contributed by atoms with van der Waals surface area (Å²) in [7, 11) is 1.62. The fourth-order valence-electron chi connectivity index (χ4n) is 3.44. The molecule has 0 aliphatic carbocycles. The lowest BCUT2D eigenvalue weighted by molar-refractivity contribution is 0.415. The van der Waals surface area contributed by atoms with Gasteiger partial charge in [0, 0.05) is 22.1 Å². The molecule has 5 rings (SSSR count). The number of thiazole rings is 1. The second kappa shape index (κ2) is 8.77. The largest absolute Gasteiger partial charge is 0.497 e. The molecule has 0 saturated carbocycles. The molecule has 4 nitrogen and oxygen atoms in total. The zero-order valence-electron chi connectivity index (χ0n) is 17.3. The van der Waals surface area contributed by atoms with Crippen LogP contribution in [0.2, 0.25) is 5.02 Å². The number of methoxy groups -OCH3 is 1. The van der Waals surface area contributed by atoms with Crippen molar-refractivity contribution in [2.75, 3.05) is 7.11 Å². The molecule has 2 aromatic heterocycles.